The second-order valence-corrected chi connectivity index (χ2v) is 9.01. The molecule has 0 radical (unpaired) electrons. The third-order valence-electron chi connectivity index (χ3n) is 6.80. The lowest BCUT2D eigenvalue weighted by atomic mass is 9.99. The monoisotopic (exact) mass is 450 g/mol. The van der Waals surface area contributed by atoms with Gasteiger partial charge in [0.15, 0.2) is 5.54 Å². The van der Waals surface area contributed by atoms with Crippen LogP contribution in [0.1, 0.15) is 31.4 Å². The minimum absolute atomic E-state index is 0.0445. The van der Waals surface area contributed by atoms with Crippen molar-refractivity contribution in [3.05, 3.63) is 52.3 Å². The Morgan fingerprint density at radius 1 is 1.22 bits per heavy atom. The molecule has 5 rings (SSSR count). The number of aliphatic hydroxyl groups is 1. The van der Waals surface area contributed by atoms with E-state index in [9.17, 15) is 23.1 Å². The minimum atomic E-state index is -4.64. The molecule has 1 aromatic carbocycles. The van der Waals surface area contributed by atoms with Crippen molar-refractivity contribution >= 4 is 11.8 Å². The molecule has 0 saturated carbocycles. The lowest BCUT2D eigenvalue weighted by molar-refractivity contribution is -0.183. The summed E-state index contributed by atoms with van der Waals surface area (Å²) in [5.74, 6) is 0.285. The molecular formula is C22H25F3N4O3. The summed E-state index contributed by atoms with van der Waals surface area (Å²) in [4.78, 5) is 20.3. The average molecular weight is 450 g/mol. The SMILES string of the molecule is C[C@@]1(C(F)(F)F)Cn2c(nc(N3CC4CCC(C3)O4)cc2=O)N1CC(O)c1ccccc1. The molecule has 2 fully saturated rings. The second-order valence-electron chi connectivity index (χ2n) is 9.01. The molecule has 3 aliphatic rings. The van der Waals surface area contributed by atoms with Crippen LogP contribution in [0.25, 0.3) is 0 Å². The van der Waals surface area contributed by atoms with Crippen LogP contribution in [0, 0.1) is 0 Å². The van der Waals surface area contributed by atoms with Gasteiger partial charge in [0.2, 0.25) is 5.95 Å². The molecular weight excluding hydrogens is 425 g/mol. The predicted octanol–water partition coefficient (Wildman–Crippen LogP) is 2.49. The summed E-state index contributed by atoms with van der Waals surface area (Å²) in [5, 5.41) is 10.7. The molecule has 1 N–H and O–H groups in total. The van der Waals surface area contributed by atoms with Crippen LogP contribution < -0.4 is 15.4 Å². The van der Waals surface area contributed by atoms with Crippen molar-refractivity contribution in [3.63, 3.8) is 0 Å². The standard InChI is InChI=1S/C22H25F3N4O3/c1-21(22(23,24)25)13-28-19(31)9-18(27-10-15-7-8-16(11-27)32-15)26-20(28)29(21)12-17(30)14-5-3-2-4-6-14/h2-6,9,15-17,30H,7-8,10-13H2,1H3/t15?,16?,17?,21-/m0/s1. The number of aromatic nitrogens is 2. The maximum atomic E-state index is 14.2. The van der Waals surface area contributed by atoms with E-state index in [-0.39, 0.29) is 24.7 Å². The molecule has 0 amide bonds. The number of rotatable bonds is 4. The summed E-state index contributed by atoms with van der Waals surface area (Å²) in [5.41, 5.74) is -2.40. The summed E-state index contributed by atoms with van der Waals surface area (Å²) in [6, 6.07) is 9.82. The number of benzene rings is 1. The molecule has 3 unspecified atom stereocenters. The first kappa shape index (κ1) is 21.3. The number of nitrogens with zero attached hydrogens (tertiary/aromatic N) is 4. The van der Waals surface area contributed by atoms with E-state index in [1.165, 1.54) is 6.07 Å². The van der Waals surface area contributed by atoms with E-state index in [1.807, 2.05) is 4.90 Å². The van der Waals surface area contributed by atoms with Gasteiger partial charge in [-0.15, -0.1) is 0 Å². The largest absolute Gasteiger partial charge is 0.413 e. The van der Waals surface area contributed by atoms with Crippen molar-refractivity contribution in [2.45, 2.75) is 56.3 Å². The molecule has 4 heterocycles. The number of halogens is 3. The molecule has 0 aliphatic carbocycles. The molecule has 10 heteroatoms. The van der Waals surface area contributed by atoms with Gasteiger partial charge in [0.05, 0.1) is 31.4 Å². The van der Waals surface area contributed by atoms with Crippen molar-refractivity contribution in [1.29, 1.82) is 0 Å². The third kappa shape index (κ3) is 3.45. The van der Waals surface area contributed by atoms with Crippen LogP contribution in [0.15, 0.2) is 41.2 Å². The molecule has 1 aromatic heterocycles. The first-order valence-electron chi connectivity index (χ1n) is 10.8. The van der Waals surface area contributed by atoms with Gasteiger partial charge in [-0.3, -0.25) is 9.36 Å². The highest BCUT2D eigenvalue weighted by Gasteiger charge is 2.60. The Balaban J connectivity index is 1.54. The Hall–Kier alpha value is -2.59. The Morgan fingerprint density at radius 2 is 1.88 bits per heavy atom. The Bertz CT molecular complexity index is 1050. The fourth-order valence-electron chi connectivity index (χ4n) is 4.89. The maximum Gasteiger partial charge on any atom is 0.413 e. The molecule has 2 aromatic rings. The summed E-state index contributed by atoms with van der Waals surface area (Å²) >= 11 is 0. The van der Waals surface area contributed by atoms with Crippen molar-refractivity contribution in [1.82, 2.24) is 9.55 Å². The second kappa shape index (κ2) is 7.48. The predicted molar refractivity (Wildman–Crippen MR) is 112 cm³/mol. The van der Waals surface area contributed by atoms with Gasteiger partial charge < -0.3 is 19.6 Å². The van der Waals surface area contributed by atoms with Crippen LogP contribution in [0.2, 0.25) is 0 Å². The third-order valence-corrected chi connectivity index (χ3v) is 6.80. The van der Waals surface area contributed by atoms with Gasteiger partial charge in [0, 0.05) is 19.2 Å². The summed E-state index contributed by atoms with van der Waals surface area (Å²) in [7, 11) is 0. The van der Waals surface area contributed by atoms with Gasteiger partial charge in [-0.05, 0) is 25.3 Å². The van der Waals surface area contributed by atoms with Crippen molar-refractivity contribution < 1.29 is 23.0 Å². The lowest BCUT2D eigenvalue weighted by Crippen LogP contribution is -2.56. The molecule has 172 valence electrons. The Labute approximate surface area is 183 Å². The molecule has 2 bridgehead atoms. The van der Waals surface area contributed by atoms with Gasteiger partial charge in [0.25, 0.3) is 5.56 Å². The van der Waals surface area contributed by atoms with Crippen LogP contribution in [-0.2, 0) is 11.3 Å². The van der Waals surface area contributed by atoms with E-state index >= 15 is 0 Å². The number of morpholine rings is 1. The normalized spacial score (nSPS) is 28.2. The van der Waals surface area contributed by atoms with E-state index in [4.69, 9.17) is 4.74 Å². The van der Waals surface area contributed by atoms with E-state index in [0.29, 0.717) is 24.5 Å². The number of fused-ring (bicyclic) bond motifs is 3. The minimum Gasteiger partial charge on any atom is -0.387 e. The van der Waals surface area contributed by atoms with Crippen molar-refractivity contribution in [3.8, 4) is 0 Å². The first-order chi connectivity index (χ1) is 15.2. The van der Waals surface area contributed by atoms with E-state index < -0.39 is 29.9 Å². The average Bonchev–Trinajstić information content (AvgIpc) is 3.25. The highest BCUT2D eigenvalue weighted by atomic mass is 19.4. The molecule has 0 spiro atoms. The van der Waals surface area contributed by atoms with Gasteiger partial charge in [-0.1, -0.05) is 30.3 Å². The quantitative estimate of drug-likeness (QED) is 0.772. The molecule has 32 heavy (non-hydrogen) atoms. The number of aliphatic hydroxyl groups excluding tert-OH is 1. The maximum absolute atomic E-state index is 14.2. The van der Waals surface area contributed by atoms with Gasteiger partial charge in [-0.25, -0.2) is 0 Å². The molecule has 4 atom stereocenters. The number of hydrogen-bond donors (Lipinski definition) is 1. The van der Waals surface area contributed by atoms with Gasteiger partial charge in [-0.2, -0.15) is 18.2 Å². The van der Waals surface area contributed by atoms with Crippen LogP contribution in [0.3, 0.4) is 0 Å². The van der Waals surface area contributed by atoms with Crippen molar-refractivity contribution in [2.75, 3.05) is 29.4 Å². The van der Waals surface area contributed by atoms with Gasteiger partial charge >= 0.3 is 6.18 Å². The molecule has 7 nitrogen and oxygen atoms in total. The molecule has 2 saturated heterocycles. The summed E-state index contributed by atoms with van der Waals surface area (Å²) in [6.07, 6.45) is -3.88. The van der Waals surface area contributed by atoms with Crippen LogP contribution >= 0.6 is 0 Å². The van der Waals surface area contributed by atoms with E-state index in [1.54, 1.807) is 30.3 Å². The van der Waals surface area contributed by atoms with Crippen LogP contribution in [0.5, 0.6) is 0 Å². The van der Waals surface area contributed by atoms with Crippen molar-refractivity contribution in [2.24, 2.45) is 0 Å². The Morgan fingerprint density at radius 3 is 2.50 bits per heavy atom. The highest BCUT2D eigenvalue weighted by Crippen LogP contribution is 2.44. The fourth-order valence-corrected chi connectivity index (χ4v) is 4.89. The number of β-amino-alcohol motifs (C(OH)–C–C–N with tert-alkyl or cyclic N) is 1. The number of anilines is 2. The number of ether oxygens (including phenoxy) is 1. The van der Waals surface area contributed by atoms with Crippen LogP contribution in [-0.4, -0.2) is 58.2 Å². The zero-order valence-corrected chi connectivity index (χ0v) is 17.6. The first-order valence-corrected chi connectivity index (χ1v) is 10.8. The summed E-state index contributed by atoms with van der Waals surface area (Å²) < 4.78 is 49.5. The van der Waals surface area contributed by atoms with Crippen LogP contribution in [0.4, 0.5) is 24.9 Å². The topological polar surface area (TPSA) is 70.8 Å². The zero-order valence-electron chi connectivity index (χ0n) is 17.6. The fraction of sp³-hybridized carbons (Fsp3) is 0.545. The highest BCUT2D eigenvalue weighted by molar-refractivity contribution is 5.50. The lowest BCUT2D eigenvalue weighted by Gasteiger charge is -2.38. The van der Waals surface area contributed by atoms with Gasteiger partial charge in [0.1, 0.15) is 5.82 Å². The summed E-state index contributed by atoms with van der Waals surface area (Å²) in [6.45, 7) is 1.23. The zero-order chi connectivity index (χ0) is 22.7. The number of alkyl halides is 3. The number of hydrogen-bond acceptors (Lipinski definition) is 6. The Kier molecular flexibility index (Phi) is 4.97. The molecule has 3 aliphatic heterocycles. The van der Waals surface area contributed by atoms with E-state index in [0.717, 1.165) is 29.2 Å². The van der Waals surface area contributed by atoms with E-state index in [2.05, 4.69) is 4.98 Å². The smallest absolute Gasteiger partial charge is 0.387 e.